The molecule has 1 aromatic rings. The summed E-state index contributed by atoms with van der Waals surface area (Å²) in [6.07, 6.45) is -2.22. The molecule has 1 N–H and O–H groups in total. The quantitative estimate of drug-likeness (QED) is 0.291. The van der Waals surface area contributed by atoms with Crippen molar-refractivity contribution in [2.24, 2.45) is 28.6 Å². The lowest BCUT2D eigenvalue weighted by Gasteiger charge is -2.68. The first-order valence-corrected chi connectivity index (χ1v) is 15.2. The average Bonchev–Trinajstić information content (AvgIpc) is 2.94. The second kappa shape index (κ2) is 10.2. The van der Waals surface area contributed by atoms with Gasteiger partial charge in [0, 0.05) is 31.3 Å². The number of esters is 2. The van der Waals surface area contributed by atoms with Crippen LogP contribution in [-0.2, 0) is 28.0 Å². The zero-order valence-corrected chi connectivity index (χ0v) is 25.7. The number of allylic oxidation sites excluding steroid dienone is 1. The van der Waals surface area contributed by atoms with Crippen LogP contribution in [0.4, 0.5) is 0 Å². The van der Waals surface area contributed by atoms with E-state index in [2.05, 4.69) is 0 Å². The van der Waals surface area contributed by atoms with Gasteiger partial charge in [0.05, 0.1) is 18.3 Å². The van der Waals surface area contributed by atoms with Crippen LogP contribution in [-0.4, -0.2) is 65.2 Å². The zero-order chi connectivity index (χ0) is 30.8. The predicted molar refractivity (Wildman–Crippen MR) is 154 cm³/mol. The summed E-state index contributed by atoms with van der Waals surface area (Å²) in [7, 11) is 0. The molecule has 1 unspecified atom stereocenters. The van der Waals surface area contributed by atoms with E-state index in [0.29, 0.717) is 24.0 Å². The Morgan fingerprint density at radius 3 is 2.41 bits per heavy atom. The lowest BCUT2D eigenvalue weighted by atomic mass is 9.43. The fourth-order valence-electron chi connectivity index (χ4n) is 8.33. The number of ketones is 1. The lowest BCUT2D eigenvalue weighted by Crippen LogP contribution is -2.80. The molecule has 224 valence electrons. The minimum atomic E-state index is -1.51. The molecular weight excluding hydrogens is 544 g/mol. The second-order valence-electron chi connectivity index (χ2n) is 13.2. The number of carbonyl (C=O) groups excluding carboxylic acids is 3. The summed E-state index contributed by atoms with van der Waals surface area (Å²) in [5, 5.41) is 12.4. The molecule has 0 spiro atoms. The number of fused-ring (bicyclic) bond motifs is 5. The van der Waals surface area contributed by atoms with E-state index < -0.39 is 58.2 Å². The first kappa shape index (κ1) is 28.9. The Morgan fingerprint density at radius 2 is 1.83 bits per heavy atom. The fraction of sp³-hybridized carbons (Fsp3) is 0.656. The van der Waals surface area contributed by atoms with E-state index in [1.54, 1.807) is 37.3 Å². The predicted octanol–water partition coefficient (Wildman–Crippen LogP) is 4.93. The fourth-order valence-corrected chi connectivity index (χ4v) is 8.91. The summed E-state index contributed by atoms with van der Waals surface area (Å²) in [4.78, 5) is 41.5. The molecule has 0 aromatic heterocycles. The van der Waals surface area contributed by atoms with Crippen molar-refractivity contribution in [2.75, 3.05) is 12.8 Å². The highest BCUT2D eigenvalue weighted by atomic mass is 32.2. The number of hydrogen-bond donors (Lipinski definition) is 1. The minimum Gasteiger partial charge on any atom is -0.455 e. The molecule has 8 nitrogen and oxygen atoms in total. The van der Waals surface area contributed by atoms with Gasteiger partial charge in [0.2, 0.25) is 0 Å². The van der Waals surface area contributed by atoms with E-state index in [4.69, 9.17) is 19.8 Å². The molecule has 5 rings (SSSR count). The number of ether oxygens (including phenoxy) is 3. The van der Waals surface area contributed by atoms with Gasteiger partial charge in [0.15, 0.2) is 11.9 Å². The van der Waals surface area contributed by atoms with Gasteiger partial charge in [0.1, 0.15) is 17.3 Å². The van der Waals surface area contributed by atoms with Gasteiger partial charge in [0.25, 0.3) is 0 Å². The van der Waals surface area contributed by atoms with Crippen molar-refractivity contribution >= 4 is 29.8 Å². The summed E-state index contributed by atoms with van der Waals surface area (Å²) >= 11 is 0.943. The summed E-state index contributed by atoms with van der Waals surface area (Å²) in [6, 6.07) is 8.63. The Hall–Kier alpha value is -2.20. The van der Waals surface area contributed by atoms with Gasteiger partial charge < -0.3 is 23.5 Å². The third kappa shape index (κ3) is 4.17. The van der Waals surface area contributed by atoms with Crippen LogP contribution >= 0.6 is 12.0 Å². The smallest absolute Gasteiger partial charge is 0.338 e. The summed E-state index contributed by atoms with van der Waals surface area (Å²) in [6.45, 7) is 12.8. The van der Waals surface area contributed by atoms with Crippen LogP contribution in [0.15, 0.2) is 41.5 Å². The van der Waals surface area contributed by atoms with E-state index in [1.165, 1.54) is 6.92 Å². The van der Waals surface area contributed by atoms with Gasteiger partial charge in [-0.3, -0.25) is 9.59 Å². The maximum atomic E-state index is 15.0. The van der Waals surface area contributed by atoms with Crippen molar-refractivity contribution in [1.82, 2.24) is 0 Å². The normalized spacial score (nSPS) is 41.6. The molecule has 3 fully saturated rings. The van der Waals surface area contributed by atoms with E-state index in [0.717, 1.165) is 17.6 Å². The first-order chi connectivity index (χ1) is 19.7. The topological polar surface area (TPSA) is 108 Å². The van der Waals surface area contributed by atoms with Crippen molar-refractivity contribution in [3.8, 4) is 0 Å². The SMILES string of the molecule is [2H]CSO[C@]12C[C@H](C)C(C)=C([C@@H](OC(C)=O)C(=O)[C@@]3(C)C([C@@H]1OC(=O)c1ccccc1)[C@]1(O)CO[C@@H]1C[C@@H]3C)C2(C)C. The van der Waals surface area contributed by atoms with Crippen molar-refractivity contribution in [3.63, 3.8) is 0 Å². The van der Waals surface area contributed by atoms with Crippen LogP contribution in [0.5, 0.6) is 0 Å². The van der Waals surface area contributed by atoms with Crippen molar-refractivity contribution < 1.29 is 39.3 Å². The number of carbonyl (C=O) groups is 3. The molecule has 0 radical (unpaired) electrons. The van der Waals surface area contributed by atoms with E-state index in [9.17, 15) is 19.5 Å². The maximum absolute atomic E-state index is 15.0. The summed E-state index contributed by atoms with van der Waals surface area (Å²) in [5.74, 6) is -2.94. The van der Waals surface area contributed by atoms with Crippen LogP contribution in [0.2, 0.25) is 0 Å². The molecule has 9 heteroatoms. The number of benzene rings is 1. The first-order valence-electron chi connectivity index (χ1n) is 15.0. The van der Waals surface area contributed by atoms with Crippen molar-refractivity contribution in [3.05, 3.63) is 47.0 Å². The number of aliphatic hydroxyl groups is 1. The van der Waals surface area contributed by atoms with Gasteiger partial charge in [-0.25, -0.2) is 4.79 Å². The molecule has 1 aromatic carbocycles. The zero-order valence-electron chi connectivity index (χ0n) is 25.9. The van der Waals surface area contributed by atoms with Gasteiger partial charge in [-0.2, -0.15) is 0 Å². The lowest BCUT2D eigenvalue weighted by molar-refractivity contribution is -0.334. The summed E-state index contributed by atoms with van der Waals surface area (Å²) < 4.78 is 33.0. The molecule has 0 amide bonds. The molecule has 4 aliphatic rings. The van der Waals surface area contributed by atoms with Crippen molar-refractivity contribution in [1.29, 1.82) is 0 Å². The average molecular weight is 588 g/mol. The van der Waals surface area contributed by atoms with Crippen molar-refractivity contribution in [2.45, 2.75) is 90.8 Å². The van der Waals surface area contributed by atoms with Crippen LogP contribution in [0.3, 0.4) is 0 Å². The van der Waals surface area contributed by atoms with Crippen LogP contribution in [0.25, 0.3) is 0 Å². The van der Waals surface area contributed by atoms with Gasteiger partial charge >= 0.3 is 11.9 Å². The monoisotopic (exact) mass is 587 g/mol. The van der Waals surface area contributed by atoms with Crippen LogP contribution < -0.4 is 0 Å². The number of hydrogen-bond acceptors (Lipinski definition) is 9. The molecule has 9 atom stereocenters. The van der Waals surface area contributed by atoms with E-state index in [-0.39, 0.29) is 30.5 Å². The van der Waals surface area contributed by atoms with E-state index >= 15 is 0 Å². The highest BCUT2D eigenvalue weighted by molar-refractivity contribution is 7.93. The van der Waals surface area contributed by atoms with Gasteiger partial charge in [-0.15, -0.1) is 0 Å². The summed E-state index contributed by atoms with van der Waals surface area (Å²) in [5.41, 5.74) is -3.26. The Balaban J connectivity index is 1.85. The van der Waals surface area contributed by atoms with E-state index in [1.807, 2.05) is 34.6 Å². The molecular formula is C32H42O8S. The molecule has 41 heavy (non-hydrogen) atoms. The molecule has 1 saturated heterocycles. The Bertz CT molecular complexity index is 1300. The number of Topliss-reactive ketones (excluding diaryl/α,β-unsaturated/α-hetero) is 1. The Labute approximate surface area is 248 Å². The molecule has 1 aliphatic heterocycles. The van der Waals surface area contributed by atoms with Crippen LogP contribution in [0, 0.1) is 28.6 Å². The molecule has 2 saturated carbocycles. The highest BCUT2D eigenvalue weighted by Crippen LogP contribution is 2.66. The highest BCUT2D eigenvalue weighted by Gasteiger charge is 2.76. The Kier molecular flexibility index (Phi) is 7.20. The second-order valence-corrected chi connectivity index (χ2v) is 13.6. The molecule has 2 bridgehead atoms. The largest absolute Gasteiger partial charge is 0.455 e. The Morgan fingerprint density at radius 1 is 1.15 bits per heavy atom. The standard InChI is InChI=1S/C32H42O8S/c1-17-15-32(40-41-8)27(39-28(35)21-12-10-9-11-13-21)25-30(7,18(2)14-22-31(25,36)16-37-22)26(34)24(38-20(4)33)23(19(17)3)29(32,5)6/h9-13,17-18,22,24-25,27,36H,14-16H2,1-8H3/t17-,18-,22+,24+,25?,27-,30+,31-,32+/m0/s1/i8D. The maximum Gasteiger partial charge on any atom is 0.338 e. The molecule has 3 aliphatic carbocycles. The van der Waals surface area contributed by atoms with Gasteiger partial charge in [-0.1, -0.05) is 58.4 Å². The number of rotatable bonds is 5. The van der Waals surface area contributed by atoms with Gasteiger partial charge in [-0.05, 0) is 61.3 Å². The molecule has 1 heterocycles. The third-order valence-corrected chi connectivity index (χ3v) is 11.3. The minimum absolute atomic E-state index is 0.0328. The van der Waals surface area contributed by atoms with Crippen LogP contribution in [0.1, 0.15) is 73.0 Å². The third-order valence-electron chi connectivity index (χ3n) is 10.9.